The minimum Gasteiger partial charge on any atom is -0.450 e. The van der Waals surface area contributed by atoms with E-state index in [1.807, 2.05) is 20.8 Å². The molecule has 0 bridgehead atoms. The van der Waals surface area contributed by atoms with Gasteiger partial charge < -0.3 is 50.3 Å². The number of esters is 1. The number of likely N-dealkylation sites (N-methyl/N-ethyl adjacent to an activating group) is 4. The number of nitrogens with one attached hydrogen (secondary N) is 3. The molecule has 11 atom stereocenters. The van der Waals surface area contributed by atoms with Gasteiger partial charge >= 0.3 is 5.97 Å². The number of rotatable bonds is 13. The van der Waals surface area contributed by atoms with Crippen LogP contribution in [0.4, 0.5) is 8.78 Å². The Morgan fingerprint density at radius 1 is 0.605 bits per heavy atom. The van der Waals surface area contributed by atoms with E-state index in [1.54, 1.807) is 60.6 Å². The van der Waals surface area contributed by atoms with Gasteiger partial charge in [-0.1, -0.05) is 112 Å². The third-order valence-corrected chi connectivity index (χ3v) is 16.0. The summed E-state index contributed by atoms with van der Waals surface area (Å²) in [5, 5.41) is 20.1. The SMILES string of the molecule is CC[C@@H](C)[C@H]1OC(=O)[C@H](C(C)(C)O)N(C)C(=O)[C@H](CC(C)C)NC(=O)[C@H](C(C)C)N(C)C(=O)[C@H]([C@@H](C)CC)NC(=O)[C@@H]2CCCN2C(=O)[C@H](Cc2ccccc2F)N(C)C(=O)[C@H](Cc2ccccc2F)NC(=O)[C@H](C(C)C)N(C)C1=O. The number of ether oxygens (including phenoxy) is 1. The number of halogens is 2. The monoisotopic (exact) mass is 1140 g/mol. The van der Waals surface area contributed by atoms with Gasteiger partial charge in [0.05, 0.1) is 5.60 Å². The maximum atomic E-state index is 15.7. The van der Waals surface area contributed by atoms with Crippen LogP contribution in [-0.4, -0.2) is 178 Å². The van der Waals surface area contributed by atoms with Crippen LogP contribution in [0.5, 0.6) is 0 Å². The predicted octanol–water partition coefficient (Wildman–Crippen LogP) is 4.65. The highest BCUT2D eigenvalue weighted by Gasteiger charge is 2.48. The third-order valence-electron chi connectivity index (χ3n) is 16.0. The average Bonchev–Trinajstić information content (AvgIpc) is 3.91. The Balaban J connectivity index is 2.01. The highest BCUT2D eigenvalue weighted by molar-refractivity contribution is 5.99. The van der Waals surface area contributed by atoms with Crippen molar-refractivity contribution in [1.82, 2.24) is 40.4 Å². The lowest BCUT2D eigenvalue weighted by Gasteiger charge is -2.39. The summed E-state index contributed by atoms with van der Waals surface area (Å²) in [6.07, 6.45) is -1.26. The second kappa shape index (κ2) is 29.0. The predicted molar refractivity (Wildman–Crippen MR) is 301 cm³/mol. The topological polar surface area (TPSA) is 235 Å². The van der Waals surface area contributed by atoms with E-state index in [9.17, 15) is 38.7 Å². The first-order chi connectivity index (χ1) is 37.8. The average molecular weight is 1140 g/mol. The number of fused-ring (bicyclic) bond motifs is 1. The molecule has 0 aliphatic carbocycles. The number of aliphatic hydroxyl groups is 1. The summed E-state index contributed by atoms with van der Waals surface area (Å²) in [6.45, 7) is 19.9. The van der Waals surface area contributed by atoms with Crippen molar-refractivity contribution in [3.8, 4) is 0 Å². The molecule has 0 radical (unpaired) electrons. The first-order valence-electron chi connectivity index (χ1n) is 28.5. The molecule has 0 saturated carbocycles. The van der Waals surface area contributed by atoms with Gasteiger partial charge in [0.25, 0.3) is 5.91 Å². The van der Waals surface area contributed by atoms with E-state index >= 15 is 18.4 Å². The molecule has 0 spiro atoms. The molecule has 2 aromatic rings. The number of nitrogens with zero attached hydrogens (tertiary/aromatic N) is 5. The molecule has 4 rings (SSSR count). The van der Waals surface area contributed by atoms with Crippen LogP contribution in [0, 0.1) is 41.2 Å². The van der Waals surface area contributed by atoms with E-state index in [2.05, 4.69) is 16.0 Å². The van der Waals surface area contributed by atoms with Crippen LogP contribution in [0.15, 0.2) is 48.5 Å². The fraction of sp³-hybridized carbons (Fsp3) is 0.650. The summed E-state index contributed by atoms with van der Waals surface area (Å²) in [4.78, 5) is 140. The number of carbonyl (C=O) groups is 9. The molecule has 19 nitrogen and oxygen atoms in total. The summed E-state index contributed by atoms with van der Waals surface area (Å²) in [7, 11) is 5.29. The van der Waals surface area contributed by atoms with Gasteiger partial charge in [-0.25, -0.2) is 13.6 Å². The van der Waals surface area contributed by atoms with Gasteiger partial charge in [0.2, 0.25) is 41.4 Å². The van der Waals surface area contributed by atoms with Crippen LogP contribution in [-0.2, 0) is 60.7 Å². The van der Waals surface area contributed by atoms with Crippen LogP contribution < -0.4 is 16.0 Å². The van der Waals surface area contributed by atoms with Crippen LogP contribution in [0.3, 0.4) is 0 Å². The van der Waals surface area contributed by atoms with Gasteiger partial charge in [-0.3, -0.25) is 38.4 Å². The number of cyclic esters (lactones) is 1. The summed E-state index contributed by atoms with van der Waals surface area (Å²) in [6, 6.07) is -0.0230. The molecule has 4 N–H and O–H groups in total. The van der Waals surface area contributed by atoms with Crippen molar-refractivity contribution in [1.29, 1.82) is 0 Å². The molecule has 2 heterocycles. The Morgan fingerprint density at radius 2 is 1.09 bits per heavy atom. The number of carbonyl (C=O) groups excluding carboxylic acids is 9. The minimum atomic E-state index is -2.02. The molecule has 21 heteroatoms. The van der Waals surface area contributed by atoms with Crippen LogP contribution >= 0.6 is 0 Å². The number of amides is 8. The highest BCUT2D eigenvalue weighted by Crippen LogP contribution is 2.28. The van der Waals surface area contributed by atoms with E-state index in [0.717, 1.165) is 14.7 Å². The largest absolute Gasteiger partial charge is 0.450 e. The fourth-order valence-electron chi connectivity index (χ4n) is 11.0. The minimum absolute atomic E-state index is 0.0127. The summed E-state index contributed by atoms with van der Waals surface area (Å²) >= 11 is 0. The highest BCUT2D eigenvalue weighted by atomic mass is 19.1. The molecular formula is C60H90F2N8O11. The molecule has 0 aromatic heterocycles. The smallest absolute Gasteiger partial charge is 0.332 e. The first kappa shape index (κ1) is 67.0. The first-order valence-corrected chi connectivity index (χ1v) is 28.5. The van der Waals surface area contributed by atoms with Crippen LogP contribution in [0.1, 0.15) is 126 Å². The zero-order chi connectivity index (χ0) is 61.1. The number of benzene rings is 2. The lowest BCUT2D eigenvalue weighted by molar-refractivity contribution is -0.177. The normalized spacial score (nSPS) is 26.2. The van der Waals surface area contributed by atoms with E-state index in [1.165, 1.54) is 88.2 Å². The molecule has 2 aromatic carbocycles. The Bertz CT molecular complexity index is 2570. The van der Waals surface area contributed by atoms with Crippen LogP contribution in [0.2, 0.25) is 0 Å². The van der Waals surface area contributed by atoms with Gasteiger partial charge in [-0.05, 0) is 86.5 Å². The van der Waals surface area contributed by atoms with Gasteiger partial charge in [0.15, 0.2) is 12.1 Å². The van der Waals surface area contributed by atoms with Crippen molar-refractivity contribution >= 4 is 53.2 Å². The molecule has 2 fully saturated rings. The van der Waals surface area contributed by atoms with Crippen molar-refractivity contribution in [3.05, 3.63) is 71.3 Å². The van der Waals surface area contributed by atoms with Crippen molar-refractivity contribution < 1.29 is 61.8 Å². The lowest BCUT2D eigenvalue weighted by Crippen LogP contribution is -2.63. The molecule has 2 aliphatic rings. The lowest BCUT2D eigenvalue weighted by atomic mass is 9.93. The second-order valence-electron chi connectivity index (χ2n) is 23.9. The molecule has 0 unspecified atom stereocenters. The Hall–Kier alpha value is -6.51. The van der Waals surface area contributed by atoms with Crippen molar-refractivity contribution in [2.45, 2.75) is 188 Å². The van der Waals surface area contributed by atoms with Gasteiger partial charge in [0.1, 0.15) is 53.9 Å². The van der Waals surface area contributed by atoms with Gasteiger partial charge in [-0.15, -0.1) is 0 Å². The maximum absolute atomic E-state index is 15.7. The zero-order valence-electron chi connectivity index (χ0n) is 50.4. The molecule has 450 valence electrons. The summed E-state index contributed by atoms with van der Waals surface area (Å²) < 4.78 is 37.4. The van der Waals surface area contributed by atoms with E-state index in [-0.39, 0.29) is 42.9 Å². The third kappa shape index (κ3) is 16.4. The molecule has 2 aliphatic heterocycles. The Morgan fingerprint density at radius 3 is 1.57 bits per heavy atom. The van der Waals surface area contributed by atoms with Crippen LogP contribution in [0.25, 0.3) is 0 Å². The van der Waals surface area contributed by atoms with Crippen molar-refractivity contribution in [2.24, 2.45) is 29.6 Å². The molecular weight excluding hydrogens is 1050 g/mol. The Kier molecular flexibility index (Phi) is 23.9. The zero-order valence-corrected chi connectivity index (χ0v) is 50.4. The van der Waals surface area contributed by atoms with Gasteiger partial charge in [-0.2, -0.15) is 0 Å². The quantitative estimate of drug-likeness (QED) is 0.202. The standard InChI is InChI=1S/C60H90F2N8O11/c1-17-36(9)46-57(77)67(14)47(34(5)6)52(72)63-42(30-33(3)4)55(75)69(16)50(60(11,12)80)59(79)81-49(37(10)18-2)58(78)68(15)48(35(7)8)53(73)64-43(31-38-24-19-21-26-40(38)61)54(74)66(13)45(32-39-25-20-22-27-41(39)62)56(76)70-29-23-28-44(70)51(71)65-46/h19-22,24-27,33-37,42-50,80H,17-18,23,28-32H2,1-16H3,(H,63,72)(H,64,73)(H,65,71)/t36-,37+,42-,43-,44-,45-,46-,47-,48-,49+,50+/m0/s1. The second-order valence-corrected chi connectivity index (χ2v) is 23.9. The van der Waals surface area contributed by atoms with E-state index < -0.39 is 161 Å². The van der Waals surface area contributed by atoms with Gasteiger partial charge in [0, 0.05) is 53.5 Å². The van der Waals surface area contributed by atoms with Crippen molar-refractivity contribution in [3.63, 3.8) is 0 Å². The Labute approximate surface area is 477 Å². The summed E-state index contributed by atoms with van der Waals surface area (Å²) in [5.41, 5.74) is -1.96. The molecule has 2 saturated heterocycles. The van der Waals surface area contributed by atoms with Crippen molar-refractivity contribution in [2.75, 3.05) is 34.7 Å². The van der Waals surface area contributed by atoms with E-state index in [4.69, 9.17) is 4.74 Å². The summed E-state index contributed by atoms with van der Waals surface area (Å²) in [5.74, 6) is -11.5. The molecule has 8 amide bonds. The number of hydrogen-bond acceptors (Lipinski definition) is 11. The number of hydrogen-bond donors (Lipinski definition) is 4. The fourth-order valence-corrected chi connectivity index (χ4v) is 11.0. The van der Waals surface area contributed by atoms with E-state index in [0.29, 0.717) is 12.8 Å². The molecule has 81 heavy (non-hydrogen) atoms. The maximum Gasteiger partial charge on any atom is 0.332 e.